The number of hydrogen-bond donors (Lipinski definition) is 1. The summed E-state index contributed by atoms with van der Waals surface area (Å²) < 4.78 is 36.5. The maximum atomic E-state index is 13.0. The lowest BCUT2D eigenvalue weighted by atomic mass is 10.1. The van der Waals surface area contributed by atoms with Crippen molar-refractivity contribution in [3.63, 3.8) is 0 Å². The van der Waals surface area contributed by atoms with Crippen LogP contribution in [0.5, 0.6) is 5.75 Å². The Labute approximate surface area is 198 Å². The maximum Gasteiger partial charge on any atom is 0.387 e. The summed E-state index contributed by atoms with van der Waals surface area (Å²) in [5.41, 5.74) is 0.994. The van der Waals surface area contributed by atoms with Gasteiger partial charge in [-0.3, -0.25) is 4.79 Å². The van der Waals surface area contributed by atoms with Crippen LogP contribution >= 0.6 is 50.2 Å². The van der Waals surface area contributed by atoms with Gasteiger partial charge in [-0.25, -0.2) is 4.79 Å². The minimum absolute atomic E-state index is 0.00856. The Morgan fingerprint density at radius 1 is 1.19 bits per heavy atom. The van der Waals surface area contributed by atoms with Crippen LogP contribution in [0.2, 0.25) is 5.02 Å². The van der Waals surface area contributed by atoms with E-state index in [0.29, 0.717) is 19.7 Å². The molecule has 0 spiro atoms. The molecule has 2 aromatic heterocycles. The van der Waals surface area contributed by atoms with Crippen LogP contribution < -0.4 is 10.1 Å². The van der Waals surface area contributed by atoms with Crippen LogP contribution in [0, 0.1) is 13.8 Å². The predicted molar refractivity (Wildman–Crippen MR) is 123 cm³/mol. The molecule has 0 unspecified atom stereocenters. The summed E-state index contributed by atoms with van der Waals surface area (Å²) in [6.45, 7) is 4.04. The Hall–Kier alpha value is -1.75. The summed E-state index contributed by atoms with van der Waals surface area (Å²) in [7, 11) is 0. The Bertz CT molecular complexity index is 1180. The molecule has 3 rings (SSSR count). The number of carbonyl (C=O) groups excluding carboxylic acids is 2. The first-order valence-corrected chi connectivity index (χ1v) is 11.8. The van der Waals surface area contributed by atoms with Gasteiger partial charge in [0.1, 0.15) is 15.6 Å². The number of aryl methyl sites for hydroxylation is 1. The highest BCUT2D eigenvalue weighted by Crippen LogP contribution is 2.45. The van der Waals surface area contributed by atoms with Gasteiger partial charge in [-0.15, -0.1) is 22.7 Å². The van der Waals surface area contributed by atoms with Gasteiger partial charge in [-0.05, 0) is 61.3 Å². The molecule has 0 fully saturated rings. The van der Waals surface area contributed by atoms with E-state index in [1.807, 2.05) is 6.92 Å². The largest absolute Gasteiger partial charge is 0.459 e. The number of fused-ring (bicyclic) bond motifs is 1. The van der Waals surface area contributed by atoms with Gasteiger partial charge < -0.3 is 14.8 Å². The summed E-state index contributed by atoms with van der Waals surface area (Å²) in [5, 5.41) is 3.26. The molecule has 0 bridgehead atoms. The molecule has 1 aromatic carbocycles. The van der Waals surface area contributed by atoms with Crippen LogP contribution in [0.4, 0.5) is 13.8 Å². The fourth-order valence-electron chi connectivity index (χ4n) is 2.84. The molecule has 3 aromatic rings. The SMILES string of the molecule is Cc1sc(NC(=O)c2sc3c(Br)ccc(OC(F)F)c3c2Cl)c(C(=O)OC(C)C)c1C. The number of carbonyl (C=O) groups is 2. The van der Waals surface area contributed by atoms with E-state index in [4.69, 9.17) is 16.3 Å². The monoisotopic (exact) mass is 551 g/mol. The van der Waals surface area contributed by atoms with Gasteiger partial charge in [0, 0.05) is 9.35 Å². The Balaban J connectivity index is 2.02. The van der Waals surface area contributed by atoms with Gasteiger partial charge in [0.15, 0.2) is 0 Å². The quantitative estimate of drug-likeness (QED) is 0.323. The zero-order valence-corrected chi connectivity index (χ0v) is 20.7. The number of benzene rings is 1. The number of ether oxygens (including phenoxy) is 2. The number of thiophene rings is 2. The highest BCUT2D eigenvalue weighted by Gasteiger charge is 2.27. The molecule has 166 valence electrons. The average Bonchev–Trinajstić information content (AvgIpc) is 3.14. The van der Waals surface area contributed by atoms with Crippen LogP contribution in [0.1, 0.15) is 44.3 Å². The molecule has 0 radical (unpaired) electrons. The van der Waals surface area contributed by atoms with Gasteiger partial charge >= 0.3 is 12.6 Å². The third-order valence-corrected chi connectivity index (χ3v) is 8.03. The molecule has 0 saturated carbocycles. The molecule has 0 aliphatic rings. The molecule has 1 amide bonds. The second kappa shape index (κ2) is 9.40. The molecular weight excluding hydrogens is 536 g/mol. The topological polar surface area (TPSA) is 64.6 Å². The van der Waals surface area contributed by atoms with Crippen molar-refractivity contribution in [1.29, 1.82) is 0 Å². The lowest BCUT2D eigenvalue weighted by Gasteiger charge is -2.10. The normalized spacial score (nSPS) is 11.4. The minimum Gasteiger partial charge on any atom is -0.459 e. The minimum atomic E-state index is -3.04. The number of halogens is 4. The fraction of sp³-hybridized carbons (Fsp3) is 0.300. The van der Waals surface area contributed by atoms with Gasteiger partial charge in [0.25, 0.3) is 5.91 Å². The third-order valence-electron chi connectivity index (χ3n) is 4.28. The molecule has 0 saturated heterocycles. The van der Waals surface area contributed by atoms with Crippen LogP contribution in [-0.2, 0) is 4.74 Å². The smallest absolute Gasteiger partial charge is 0.387 e. The first kappa shape index (κ1) is 23.9. The Morgan fingerprint density at radius 3 is 2.48 bits per heavy atom. The fourth-order valence-corrected chi connectivity index (χ4v) is 5.91. The number of rotatable bonds is 6. The van der Waals surface area contributed by atoms with E-state index in [9.17, 15) is 18.4 Å². The zero-order valence-electron chi connectivity index (χ0n) is 16.8. The molecular formula is C20H17BrClF2NO4S2. The Kier molecular flexibility index (Phi) is 7.25. The summed E-state index contributed by atoms with van der Waals surface area (Å²) in [5.74, 6) is -1.23. The van der Waals surface area contributed by atoms with E-state index in [-0.39, 0.29) is 32.7 Å². The van der Waals surface area contributed by atoms with Crippen molar-refractivity contribution in [3.8, 4) is 5.75 Å². The summed E-state index contributed by atoms with van der Waals surface area (Å²) in [6, 6.07) is 2.89. The number of amides is 1. The van der Waals surface area contributed by atoms with E-state index in [2.05, 4.69) is 26.0 Å². The van der Waals surface area contributed by atoms with Crippen molar-refractivity contribution < 1.29 is 27.8 Å². The summed E-state index contributed by atoms with van der Waals surface area (Å²) >= 11 is 12.0. The summed E-state index contributed by atoms with van der Waals surface area (Å²) in [6.07, 6.45) is -0.321. The lowest BCUT2D eigenvalue weighted by molar-refractivity contribution is -0.0487. The number of esters is 1. The first-order chi connectivity index (χ1) is 14.5. The van der Waals surface area contributed by atoms with Crippen LogP contribution in [0.15, 0.2) is 16.6 Å². The standard InChI is InChI=1S/C20H17BrClF2NO4S2/c1-7(2)28-19(27)12-8(3)9(4)30-18(12)25-17(26)16-14(22)13-11(29-20(23)24)6-5-10(21)15(13)31-16/h5-7,20H,1-4H3,(H,25,26). The first-order valence-electron chi connectivity index (χ1n) is 8.98. The second-order valence-corrected chi connectivity index (χ2v) is 10.2. The van der Waals surface area contributed by atoms with Crippen molar-refractivity contribution in [3.05, 3.63) is 42.5 Å². The van der Waals surface area contributed by atoms with E-state index >= 15 is 0 Å². The Morgan fingerprint density at radius 2 is 1.87 bits per heavy atom. The molecule has 11 heteroatoms. The molecule has 0 aliphatic carbocycles. The predicted octanol–water partition coefficient (Wildman–Crippen LogP) is 7.41. The van der Waals surface area contributed by atoms with Crippen LogP contribution in [0.3, 0.4) is 0 Å². The van der Waals surface area contributed by atoms with Gasteiger partial charge in [-0.2, -0.15) is 8.78 Å². The molecule has 0 aliphatic heterocycles. The number of nitrogens with one attached hydrogen (secondary N) is 1. The van der Waals surface area contributed by atoms with Crippen LogP contribution in [-0.4, -0.2) is 24.6 Å². The van der Waals surface area contributed by atoms with E-state index < -0.39 is 18.5 Å². The number of alkyl halides is 2. The van der Waals surface area contributed by atoms with Gasteiger partial charge in [0.05, 0.1) is 26.8 Å². The highest BCUT2D eigenvalue weighted by atomic mass is 79.9. The highest BCUT2D eigenvalue weighted by molar-refractivity contribution is 9.10. The van der Waals surface area contributed by atoms with Crippen molar-refractivity contribution in [2.24, 2.45) is 0 Å². The zero-order chi connectivity index (χ0) is 23.0. The third kappa shape index (κ3) is 4.87. The molecule has 5 nitrogen and oxygen atoms in total. The van der Waals surface area contributed by atoms with Crippen LogP contribution in [0.25, 0.3) is 10.1 Å². The summed E-state index contributed by atoms with van der Waals surface area (Å²) in [4.78, 5) is 26.5. The van der Waals surface area contributed by atoms with E-state index in [0.717, 1.165) is 16.2 Å². The molecule has 2 heterocycles. The molecule has 1 N–H and O–H groups in total. The second-order valence-electron chi connectivity index (χ2n) is 6.77. The van der Waals surface area contributed by atoms with Crippen molar-refractivity contribution in [2.75, 3.05) is 5.32 Å². The average molecular weight is 553 g/mol. The van der Waals surface area contributed by atoms with Gasteiger partial charge in [0.2, 0.25) is 0 Å². The van der Waals surface area contributed by atoms with E-state index in [1.165, 1.54) is 17.4 Å². The number of hydrogen-bond acceptors (Lipinski definition) is 6. The number of anilines is 1. The van der Waals surface area contributed by atoms with Crippen molar-refractivity contribution in [1.82, 2.24) is 0 Å². The molecule has 31 heavy (non-hydrogen) atoms. The molecule has 0 atom stereocenters. The lowest BCUT2D eigenvalue weighted by Crippen LogP contribution is -2.16. The van der Waals surface area contributed by atoms with E-state index in [1.54, 1.807) is 26.8 Å². The maximum absolute atomic E-state index is 13.0. The van der Waals surface area contributed by atoms with Gasteiger partial charge in [-0.1, -0.05) is 11.6 Å². The van der Waals surface area contributed by atoms with Crippen molar-refractivity contribution in [2.45, 2.75) is 40.4 Å². The van der Waals surface area contributed by atoms with Crippen molar-refractivity contribution >= 4 is 77.2 Å².